The second-order valence-electron chi connectivity index (χ2n) is 4.81. The number of nitrogens with zero attached hydrogens (tertiary/aromatic N) is 4. The molecule has 3 rings (SSSR count). The van der Waals surface area contributed by atoms with Crippen molar-refractivity contribution in [3.8, 4) is 17.1 Å². The standard InChI is InChI=1S/C16H15ClN4O/c1-22-15-8-2-12(3-9-15)10-11-21-19-16(18-20-21)13-4-6-14(17)7-5-13/h2-9H,10-11H2,1H3. The lowest BCUT2D eigenvalue weighted by Crippen LogP contribution is -2.05. The summed E-state index contributed by atoms with van der Waals surface area (Å²) in [7, 11) is 1.66. The molecule has 6 heteroatoms. The summed E-state index contributed by atoms with van der Waals surface area (Å²) in [6, 6.07) is 15.4. The zero-order chi connectivity index (χ0) is 15.4. The summed E-state index contributed by atoms with van der Waals surface area (Å²) in [6.07, 6.45) is 0.834. The van der Waals surface area contributed by atoms with Gasteiger partial charge in [-0.15, -0.1) is 10.2 Å². The number of ether oxygens (including phenoxy) is 1. The van der Waals surface area contributed by atoms with Crippen molar-refractivity contribution < 1.29 is 4.74 Å². The lowest BCUT2D eigenvalue weighted by molar-refractivity contribution is 0.414. The minimum absolute atomic E-state index is 0.603. The van der Waals surface area contributed by atoms with Crippen LogP contribution in [0.3, 0.4) is 0 Å². The Kier molecular flexibility index (Phi) is 4.34. The Bertz CT molecular complexity index is 738. The number of rotatable bonds is 5. The van der Waals surface area contributed by atoms with Crippen LogP contribution in [0.25, 0.3) is 11.4 Å². The van der Waals surface area contributed by atoms with Gasteiger partial charge in [-0.2, -0.15) is 4.80 Å². The second kappa shape index (κ2) is 6.58. The molecule has 0 aliphatic heterocycles. The molecule has 3 aromatic rings. The van der Waals surface area contributed by atoms with Crippen LogP contribution in [0.4, 0.5) is 0 Å². The highest BCUT2D eigenvalue weighted by Crippen LogP contribution is 2.17. The Hall–Kier alpha value is -2.40. The molecule has 1 aromatic heterocycles. The van der Waals surface area contributed by atoms with Gasteiger partial charge >= 0.3 is 0 Å². The van der Waals surface area contributed by atoms with Crippen LogP contribution in [-0.4, -0.2) is 27.3 Å². The predicted molar refractivity (Wildman–Crippen MR) is 85.0 cm³/mol. The summed E-state index contributed by atoms with van der Waals surface area (Å²) in [5, 5.41) is 13.2. The van der Waals surface area contributed by atoms with Crippen molar-refractivity contribution in [1.82, 2.24) is 20.2 Å². The predicted octanol–water partition coefficient (Wildman–Crippen LogP) is 3.24. The zero-order valence-electron chi connectivity index (χ0n) is 12.1. The minimum atomic E-state index is 0.603. The Morgan fingerprint density at radius 3 is 2.45 bits per heavy atom. The first kappa shape index (κ1) is 14.5. The van der Waals surface area contributed by atoms with Crippen molar-refractivity contribution in [1.29, 1.82) is 0 Å². The third kappa shape index (κ3) is 3.43. The number of halogens is 1. The SMILES string of the molecule is COc1ccc(CCn2nnc(-c3ccc(Cl)cc3)n2)cc1. The molecule has 0 atom stereocenters. The van der Waals surface area contributed by atoms with Crippen molar-refractivity contribution in [2.75, 3.05) is 7.11 Å². The summed E-state index contributed by atoms with van der Waals surface area (Å²) in [5.41, 5.74) is 2.10. The molecular weight excluding hydrogens is 300 g/mol. The first-order valence-corrected chi connectivity index (χ1v) is 7.29. The summed E-state index contributed by atoms with van der Waals surface area (Å²) >= 11 is 5.87. The van der Waals surface area contributed by atoms with Gasteiger partial charge in [0.2, 0.25) is 5.82 Å². The van der Waals surface area contributed by atoms with Crippen molar-refractivity contribution in [2.45, 2.75) is 13.0 Å². The van der Waals surface area contributed by atoms with Gasteiger partial charge < -0.3 is 4.74 Å². The monoisotopic (exact) mass is 314 g/mol. The van der Waals surface area contributed by atoms with E-state index in [0.717, 1.165) is 17.7 Å². The summed E-state index contributed by atoms with van der Waals surface area (Å²) < 4.78 is 5.14. The highest BCUT2D eigenvalue weighted by molar-refractivity contribution is 6.30. The highest BCUT2D eigenvalue weighted by Gasteiger charge is 2.06. The van der Waals surface area contributed by atoms with Crippen LogP contribution >= 0.6 is 11.6 Å². The quantitative estimate of drug-likeness (QED) is 0.725. The molecule has 5 nitrogen and oxygen atoms in total. The fourth-order valence-corrected chi connectivity index (χ4v) is 2.20. The molecule has 0 amide bonds. The topological polar surface area (TPSA) is 52.8 Å². The molecule has 22 heavy (non-hydrogen) atoms. The van der Waals surface area contributed by atoms with E-state index in [1.54, 1.807) is 11.9 Å². The maximum Gasteiger partial charge on any atom is 0.204 e. The molecule has 0 spiro atoms. The van der Waals surface area contributed by atoms with Crippen molar-refractivity contribution in [2.24, 2.45) is 0 Å². The Morgan fingerprint density at radius 2 is 1.77 bits per heavy atom. The number of benzene rings is 2. The number of aryl methyl sites for hydroxylation is 2. The lowest BCUT2D eigenvalue weighted by atomic mass is 10.1. The minimum Gasteiger partial charge on any atom is -0.497 e. The van der Waals surface area contributed by atoms with E-state index in [1.165, 1.54) is 5.56 Å². The summed E-state index contributed by atoms with van der Waals surface area (Å²) in [5.74, 6) is 1.46. The van der Waals surface area contributed by atoms with E-state index >= 15 is 0 Å². The number of tetrazole rings is 1. The third-order valence-electron chi connectivity index (χ3n) is 3.31. The second-order valence-corrected chi connectivity index (χ2v) is 5.25. The average Bonchev–Trinajstić information content (AvgIpc) is 3.03. The molecular formula is C16H15ClN4O. The van der Waals surface area contributed by atoms with Crippen LogP contribution in [-0.2, 0) is 13.0 Å². The molecule has 0 aliphatic rings. The molecule has 0 unspecified atom stereocenters. The maximum absolute atomic E-state index is 5.87. The molecule has 0 N–H and O–H groups in total. The van der Waals surface area contributed by atoms with Gasteiger partial charge in [0.05, 0.1) is 13.7 Å². The van der Waals surface area contributed by atoms with Crippen LogP contribution in [0.2, 0.25) is 5.02 Å². The van der Waals surface area contributed by atoms with Crippen LogP contribution in [0.5, 0.6) is 5.75 Å². The van der Waals surface area contributed by atoms with E-state index in [0.29, 0.717) is 17.4 Å². The van der Waals surface area contributed by atoms with E-state index in [2.05, 4.69) is 15.4 Å². The highest BCUT2D eigenvalue weighted by atomic mass is 35.5. The Morgan fingerprint density at radius 1 is 1.05 bits per heavy atom. The maximum atomic E-state index is 5.87. The van der Waals surface area contributed by atoms with Gasteiger partial charge in [0, 0.05) is 10.6 Å². The Labute approximate surface area is 133 Å². The fourth-order valence-electron chi connectivity index (χ4n) is 2.07. The Balaban J connectivity index is 1.65. The molecule has 0 radical (unpaired) electrons. The first-order valence-electron chi connectivity index (χ1n) is 6.91. The van der Waals surface area contributed by atoms with Gasteiger partial charge in [-0.3, -0.25) is 0 Å². The number of hydrogen-bond acceptors (Lipinski definition) is 4. The summed E-state index contributed by atoms with van der Waals surface area (Å²) in [6.45, 7) is 0.674. The van der Waals surface area contributed by atoms with E-state index in [-0.39, 0.29) is 0 Å². The number of methoxy groups -OCH3 is 1. The van der Waals surface area contributed by atoms with Crippen LogP contribution in [0.15, 0.2) is 48.5 Å². The van der Waals surface area contributed by atoms with Gasteiger partial charge in [0.15, 0.2) is 0 Å². The van der Waals surface area contributed by atoms with Crippen LogP contribution in [0, 0.1) is 0 Å². The first-order chi connectivity index (χ1) is 10.7. The zero-order valence-corrected chi connectivity index (χ0v) is 12.9. The van der Waals surface area contributed by atoms with E-state index < -0.39 is 0 Å². The summed E-state index contributed by atoms with van der Waals surface area (Å²) in [4.78, 5) is 1.61. The number of hydrogen-bond donors (Lipinski definition) is 0. The van der Waals surface area contributed by atoms with Gasteiger partial charge in [0.25, 0.3) is 0 Å². The van der Waals surface area contributed by atoms with E-state index in [4.69, 9.17) is 16.3 Å². The van der Waals surface area contributed by atoms with E-state index in [9.17, 15) is 0 Å². The number of aromatic nitrogens is 4. The average molecular weight is 315 g/mol. The lowest BCUT2D eigenvalue weighted by Gasteiger charge is -2.02. The molecule has 0 saturated carbocycles. The van der Waals surface area contributed by atoms with E-state index in [1.807, 2.05) is 48.5 Å². The normalized spacial score (nSPS) is 10.6. The largest absolute Gasteiger partial charge is 0.497 e. The van der Waals surface area contributed by atoms with Crippen molar-refractivity contribution in [3.63, 3.8) is 0 Å². The van der Waals surface area contributed by atoms with Gasteiger partial charge in [0.1, 0.15) is 5.75 Å². The van der Waals surface area contributed by atoms with Gasteiger partial charge in [-0.25, -0.2) is 0 Å². The van der Waals surface area contributed by atoms with Crippen LogP contribution < -0.4 is 4.74 Å². The molecule has 0 fully saturated rings. The molecule has 1 heterocycles. The molecule has 0 saturated heterocycles. The fraction of sp³-hybridized carbons (Fsp3) is 0.188. The van der Waals surface area contributed by atoms with Crippen molar-refractivity contribution in [3.05, 3.63) is 59.1 Å². The van der Waals surface area contributed by atoms with Crippen molar-refractivity contribution >= 4 is 11.6 Å². The third-order valence-corrected chi connectivity index (χ3v) is 3.57. The smallest absolute Gasteiger partial charge is 0.204 e. The molecule has 2 aromatic carbocycles. The van der Waals surface area contributed by atoms with Crippen LogP contribution in [0.1, 0.15) is 5.56 Å². The molecule has 112 valence electrons. The molecule has 0 bridgehead atoms. The molecule has 0 aliphatic carbocycles. The van der Waals surface area contributed by atoms with Gasteiger partial charge in [-0.1, -0.05) is 23.7 Å². The van der Waals surface area contributed by atoms with Gasteiger partial charge in [-0.05, 0) is 53.6 Å².